The second kappa shape index (κ2) is 5.58. The fraction of sp³-hybridized carbons (Fsp3) is 0.889. The lowest BCUT2D eigenvalue weighted by Crippen LogP contribution is -2.44. The summed E-state index contributed by atoms with van der Waals surface area (Å²) in [5, 5.41) is 9.12. The minimum absolute atomic E-state index is 0.174. The Hall–Kier alpha value is -0.260. The highest BCUT2D eigenvalue weighted by atomic mass is 32.2. The second-order valence-corrected chi connectivity index (χ2v) is 3.99. The van der Waals surface area contributed by atoms with E-state index in [4.69, 9.17) is 9.29 Å². The zero-order chi connectivity index (χ0) is 10.6. The molecular formula is C9H17NO3S. The molecule has 0 saturated carbocycles. The monoisotopic (exact) mass is 219 g/mol. The van der Waals surface area contributed by atoms with Crippen LogP contribution in [0.25, 0.3) is 0 Å². The van der Waals surface area contributed by atoms with Gasteiger partial charge in [-0.1, -0.05) is 0 Å². The maximum absolute atomic E-state index is 11.4. The van der Waals surface area contributed by atoms with Crippen LogP contribution in [0.1, 0.15) is 19.8 Å². The zero-order valence-electron chi connectivity index (χ0n) is 8.60. The summed E-state index contributed by atoms with van der Waals surface area (Å²) in [4.78, 5) is 13.1. The van der Waals surface area contributed by atoms with Crippen molar-refractivity contribution >= 4 is 17.9 Å². The smallest absolute Gasteiger partial charge is 0.251 e. The number of hydrogen-bond donors (Lipinski definition) is 1. The molecule has 1 aliphatic heterocycles. The highest BCUT2D eigenvalue weighted by Crippen LogP contribution is 2.17. The van der Waals surface area contributed by atoms with Crippen molar-refractivity contribution in [2.75, 3.05) is 19.3 Å². The van der Waals surface area contributed by atoms with Crippen molar-refractivity contribution in [3.63, 3.8) is 0 Å². The number of hydrogen-bond acceptors (Lipinski definition) is 4. The summed E-state index contributed by atoms with van der Waals surface area (Å²) in [5.74, 6) is -0.174. The lowest BCUT2D eigenvalue weighted by Gasteiger charge is -2.31. The lowest BCUT2D eigenvalue weighted by atomic mass is 10.1. The van der Waals surface area contributed by atoms with E-state index >= 15 is 0 Å². The van der Waals surface area contributed by atoms with Crippen molar-refractivity contribution in [1.82, 2.24) is 4.90 Å². The number of rotatable bonds is 3. The maximum Gasteiger partial charge on any atom is 0.251 e. The number of likely N-dealkylation sites (tertiary alicyclic amines) is 1. The largest absolute Gasteiger partial charge is 0.384 e. The molecule has 82 valence electrons. The molecule has 1 aliphatic rings. The van der Waals surface area contributed by atoms with E-state index < -0.39 is 6.10 Å². The topological polar surface area (TPSA) is 49.8 Å². The van der Waals surface area contributed by atoms with Gasteiger partial charge in [-0.25, -0.2) is 0 Å². The molecule has 4 nitrogen and oxygen atoms in total. The predicted molar refractivity (Wildman–Crippen MR) is 55.9 cm³/mol. The Labute approximate surface area is 88.8 Å². The van der Waals surface area contributed by atoms with Gasteiger partial charge in [0, 0.05) is 19.3 Å². The molecule has 1 heterocycles. The molecule has 1 atom stereocenters. The van der Waals surface area contributed by atoms with Gasteiger partial charge in [-0.2, -0.15) is 0 Å². The summed E-state index contributed by atoms with van der Waals surface area (Å²) in [6.07, 6.45) is 2.99. The average Bonchev–Trinajstić information content (AvgIpc) is 2.18. The Morgan fingerprint density at radius 3 is 2.57 bits per heavy atom. The fourth-order valence-corrected chi connectivity index (χ4v) is 2.04. The summed E-state index contributed by atoms with van der Waals surface area (Å²) in [6.45, 7) is 2.89. The van der Waals surface area contributed by atoms with E-state index in [1.165, 1.54) is 19.0 Å². The minimum atomic E-state index is -0.881. The summed E-state index contributed by atoms with van der Waals surface area (Å²) in [5.41, 5.74) is 0. The Balaban J connectivity index is 2.32. The van der Waals surface area contributed by atoms with Crippen molar-refractivity contribution in [2.45, 2.75) is 32.0 Å². The number of aliphatic hydroxyl groups is 1. The summed E-state index contributed by atoms with van der Waals surface area (Å²) >= 11 is 1.37. The molecule has 0 bridgehead atoms. The normalized spacial score (nSPS) is 20.9. The first-order chi connectivity index (χ1) is 6.65. The summed E-state index contributed by atoms with van der Waals surface area (Å²) < 4.78 is 5.39. The number of nitrogens with zero attached hydrogens (tertiary/aromatic N) is 1. The average molecular weight is 219 g/mol. The molecule has 5 heteroatoms. The van der Waals surface area contributed by atoms with E-state index in [1.807, 2.05) is 6.26 Å². The summed E-state index contributed by atoms with van der Waals surface area (Å²) in [6, 6.07) is 0. The highest BCUT2D eigenvalue weighted by Gasteiger charge is 2.25. The summed E-state index contributed by atoms with van der Waals surface area (Å²) in [7, 11) is 0. The Bertz CT molecular complexity index is 190. The maximum atomic E-state index is 11.4. The van der Waals surface area contributed by atoms with E-state index in [-0.39, 0.29) is 12.0 Å². The van der Waals surface area contributed by atoms with Crippen LogP contribution in [0.5, 0.6) is 0 Å². The van der Waals surface area contributed by atoms with Crippen LogP contribution in [0.15, 0.2) is 0 Å². The van der Waals surface area contributed by atoms with Crippen LogP contribution in [0, 0.1) is 0 Å². The van der Waals surface area contributed by atoms with E-state index in [1.54, 1.807) is 4.90 Å². The number of carbonyl (C=O) groups excluding carboxylic acids is 1. The third kappa shape index (κ3) is 3.15. The van der Waals surface area contributed by atoms with Crippen LogP contribution in [0.4, 0.5) is 0 Å². The third-order valence-corrected chi connectivity index (χ3v) is 2.81. The molecule has 1 N–H and O–H groups in total. The SMILES string of the molecule is CSOC1CCN(C(=O)C(C)O)CC1. The van der Waals surface area contributed by atoms with Gasteiger partial charge in [-0.15, -0.1) is 0 Å². The van der Waals surface area contributed by atoms with Gasteiger partial charge in [-0.3, -0.25) is 4.79 Å². The van der Waals surface area contributed by atoms with Crippen molar-refractivity contribution in [3.05, 3.63) is 0 Å². The van der Waals surface area contributed by atoms with Gasteiger partial charge in [0.1, 0.15) is 6.10 Å². The number of piperidine rings is 1. The Morgan fingerprint density at radius 2 is 2.14 bits per heavy atom. The second-order valence-electron chi connectivity index (χ2n) is 3.46. The van der Waals surface area contributed by atoms with Gasteiger partial charge in [0.2, 0.25) is 0 Å². The first-order valence-electron chi connectivity index (χ1n) is 4.81. The van der Waals surface area contributed by atoms with Crippen molar-refractivity contribution in [1.29, 1.82) is 0 Å². The van der Waals surface area contributed by atoms with Crippen molar-refractivity contribution in [2.24, 2.45) is 0 Å². The zero-order valence-corrected chi connectivity index (χ0v) is 9.42. The van der Waals surface area contributed by atoms with E-state index in [0.717, 1.165) is 12.8 Å². The molecule has 0 aromatic carbocycles. The Morgan fingerprint density at radius 1 is 1.57 bits per heavy atom. The minimum Gasteiger partial charge on any atom is -0.384 e. The van der Waals surface area contributed by atoms with Gasteiger partial charge in [0.15, 0.2) is 0 Å². The van der Waals surface area contributed by atoms with Crippen molar-refractivity contribution in [3.8, 4) is 0 Å². The van der Waals surface area contributed by atoms with Gasteiger partial charge in [0.05, 0.1) is 6.10 Å². The fourth-order valence-electron chi connectivity index (χ4n) is 1.57. The number of aliphatic hydroxyl groups excluding tert-OH is 1. The standard InChI is InChI=1S/C9H17NO3S/c1-7(11)9(12)10-5-3-8(4-6-10)13-14-2/h7-8,11H,3-6H2,1-2H3. The van der Waals surface area contributed by atoms with E-state index in [9.17, 15) is 4.79 Å². The molecule has 1 saturated heterocycles. The molecule has 0 spiro atoms. The first-order valence-corrected chi connectivity index (χ1v) is 5.96. The van der Waals surface area contributed by atoms with Crippen molar-refractivity contribution < 1.29 is 14.1 Å². The molecule has 14 heavy (non-hydrogen) atoms. The lowest BCUT2D eigenvalue weighted by molar-refractivity contribution is -0.140. The van der Waals surface area contributed by atoms with E-state index in [2.05, 4.69) is 0 Å². The van der Waals surface area contributed by atoms with E-state index in [0.29, 0.717) is 13.1 Å². The van der Waals surface area contributed by atoms with Crippen LogP contribution in [0.2, 0.25) is 0 Å². The van der Waals surface area contributed by atoms with Gasteiger partial charge < -0.3 is 14.2 Å². The highest BCUT2D eigenvalue weighted by molar-refractivity contribution is 7.93. The molecule has 1 rings (SSSR count). The molecule has 1 amide bonds. The predicted octanol–water partition coefficient (Wildman–Crippen LogP) is 0.653. The van der Waals surface area contributed by atoms with Crippen LogP contribution >= 0.6 is 12.0 Å². The molecule has 0 aliphatic carbocycles. The number of carbonyl (C=O) groups is 1. The number of amides is 1. The van der Waals surface area contributed by atoms with Gasteiger partial charge in [0.25, 0.3) is 5.91 Å². The first kappa shape index (κ1) is 11.8. The molecule has 0 radical (unpaired) electrons. The van der Waals surface area contributed by atoms with Gasteiger partial charge in [-0.05, 0) is 31.8 Å². The molecule has 0 aromatic heterocycles. The van der Waals surface area contributed by atoms with Crippen LogP contribution in [0.3, 0.4) is 0 Å². The molecular weight excluding hydrogens is 202 g/mol. The molecule has 1 unspecified atom stereocenters. The Kier molecular flexibility index (Phi) is 4.71. The molecule has 1 fully saturated rings. The van der Waals surface area contributed by atoms with Crippen LogP contribution in [-0.2, 0) is 8.98 Å². The molecule has 0 aromatic rings. The third-order valence-electron chi connectivity index (χ3n) is 2.34. The van der Waals surface area contributed by atoms with Crippen LogP contribution < -0.4 is 0 Å². The quantitative estimate of drug-likeness (QED) is 0.708. The van der Waals surface area contributed by atoms with Gasteiger partial charge >= 0.3 is 0 Å². The van der Waals surface area contributed by atoms with Crippen LogP contribution in [-0.4, -0.2) is 47.5 Å².